The van der Waals surface area contributed by atoms with E-state index in [0.717, 1.165) is 22.9 Å². The van der Waals surface area contributed by atoms with E-state index in [-0.39, 0.29) is 23.6 Å². The Bertz CT molecular complexity index is 1260. The van der Waals surface area contributed by atoms with Crippen LogP contribution in [0.5, 0.6) is 11.5 Å². The largest absolute Gasteiger partial charge is 0.493 e. The smallest absolute Gasteiger partial charge is 0.298 e. The van der Waals surface area contributed by atoms with Crippen molar-refractivity contribution in [1.82, 2.24) is 0 Å². The topological polar surface area (TPSA) is 55.8 Å². The van der Waals surface area contributed by atoms with E-state index in [1.54, 1.807) is 54.6 Å². The van der Waals surface area contributed by atoms with Gasteiger partial charge in [-0.1, -0.05) is 36.4 Å². The van der Waals surface area contributed by atoms with Crippen molar-refractivity contribution in [1.29, 1.82) is 0 Å². The number of para-hydroxylation sites is 1. The van der Waals surface area contributed by atoms with Crippen LogP contribution in [-0.4, -0.2) is 18.3 Å². The van der Waals surface area contributed by atoms with Gasteiger partial charge in [0.2, 0.25) is 0 Å². The lowest BCUT2D eigenvalue weighted by molar-refractivity contribution is -0.113. The van der Waals surface area contributed by atoms with Crippen molar-refractivity contribution < 1.29 is 23.5 Å². The van der Waals surface area contributed by atoms with Crippen molar-refractivity contribution in [3.8, 4) is 11.5 Å². The molecule has 7 heteroatoms. The van der Waals surface area contributed by atoms with Gasteiger partial charge in [0.15, 0.2) is 11.5 Å². The Labute approximate surface area is 201 Å². The van der Waals surface area contributed by atoms with Gasteiger partial charge in [0, 0.05) is 5.56 Å². The standard InChI is InChI=1S/C27H22FNO4S/c1-3-7-20-14-19(15-23(32-2)25(20)33-17-18-10-12-21(28)13-11-18)16-24-26(30)29(27(31)34-24)22-8-5-4-6-9-22/h3-6,8-16H,1,7,17H2,2H3/b24-16-. The van der Waals surface area contributed by atoms with Crippen LogP contribution in [0.1, 0.15) is 16.7 Å². The highest BCUT2D eigenvalue weighted by Crippen LogP contribution is 2.38. The number of imide groups is 1. The number of carbonyl (C=O) groups is 2. The number of hydrogen-bond acceptors (Lipinski definition) is 5. The van der Waals surface area contributed by atoms with Crippen LogP contribution in [-0.2, 0) is 17.8 Å². The molecule has 5 nitrogen and oxygen atoms in total. The quantitative estimate of drug-likeness (QED) is 0.279. The fourth-order valence-corrected chi connectivity index (χ4v) is 4.39. The van der Waals surface area contributed by atoms with Crippen LogP contribution in [0.3, 0.4) is 0 Å². The Morgan fingerprint density at radius 1 is 1.06 bits per heavy atom. The van der Waals surface area contributed by atoms with Crippen LogP contribution >= 0.6 is 11.8 Å². The number of benzene rings is 3. The number of halogens is 1. The van der Waals surface area contributed by atoms with E-state index in [2.05, 4.69) is 6.58 Å². The number of amides is 2. The normalized spacial score (nSPS) is 14.5. The Hall–Kier alpha value is -3.84. The predicted molar refractivity (Wildman–Crippen MR) is 133 cm³/mol. The fourth-order valence-electron chi connectivity index (χ4n) is 3.54. The minimum absolute atomic E-state index is 0.232. The zero-order valence-electron chi connectivity index (χ0n) is 18.5. The van der Waals surface area contributed by atoms with E-state index in [9.17, 15) is 14.0 Å². The zero-order chi connectivity index (χ0) is 24.1. The van der Waals surface area contributed by atoms with Crippen molar-refractivity contribution in [2.24, 2.45) is 0 Å². The van der Waals surface area contributed by atoms with Crippen LogP contribution in [0.25, 0.3) is 6.08 Å². The molecule has 0 spiro atoms. The molecule has 34 heavy (non-hydrogen) atoms. The summed E-state index contributed by atoms with van der Waals surface area (Å²) in [4.78, 5) is 27.0. The first-order valence-corrected chi connectivity index (χ1v) is 11.3. The second kappa shape index (κ2) is 10.4. The van der Waals surface area contributed by atoms with Crippen LogP contribution < -0.4 is 14.4 Å². The molecular formula is C27H22FNO4S. The van der Waals surface area contributed by atoms with Crippen LogP contribution in [0.2, 0.25) is 0 Å². The molecule has 1 saturated heterocycles. The summed E-state index contributed by atoms with van der Waals surface area (Å²) in [5.74, 6) is 0.341. The minimum atomic E-state index is -0.373. The molecule has 0 saturated carbocycles. The monoisotopic (exact) mass is 475 g/mol. The molecule has 3 aromatic rings. The molecule has 1 fully saturated rings. The van der Waals surface area contributed by atoms with Crippen molar-refractivity contribution in [2.75, 3.05) is 12.0 Å². The first-order valence-electron chi connectivity index (χ1n) is 10.5. The summed E-state index contributed by atoms with van der Waals surface area (Å²) in [6.45, 7) is 4.05. The Balaban J connectivity index is 1.63. The van der Waals surface area contributed by atoms with E-state index < -0.39 is 0 Å². The van der Waals surface area contributed by atoms with Gasteiger partial charge in [0.1, 0.15) is 12.4 Å². The number of thioether (sulfide) groups is 1. The van der Waals surface area contributed by atoms with Gasteiger partial charge < -0.3 is 9.47 Å². The Morgan fingerprint density at radius 3 is 2.47 bits per heavy atom. The number of carbonyl (C=O) groups excluding carboxylic acids is 2. The molecule has 0 bridgehead atoms. The third kappa shape index (κ3) is 5.05. The average molecular weight is 476 g/mol. The number of ether oxygens (including phenoxy) is 2. The molecule has 3 aromatic carbocycles. The SMILES string of the molecule is C=CCc1cc(/C=C2\SC(=O)N(c3ccccc3)C2=O)cc(OC)c1OCc1ccc(F)cc1. The molecule has 0 unspecified atom stereocenters. The van der Waals surface area contributed by atoms with Gasteiger partial charge in [-0.3, -0.25) is 9.59 Å². The molecule has 2 amide bonds. The molecule has 1 aliphatic rings. The number of methoxy groups -OCH3 is 1. The van der Waals surface area contributed by atoms with Crippen molar-refractivity contribution >= 4 is 34.7 Å². The van der Waals surface area contributed by atoms with Gasteiger partial charge in [-0.05, 0) is 71.8 Å². The van der Waals surface area contributed by atoms with Gasteiger partial charge in [0.25, 0.3) is 11.1 Å². The highest BCUT2D eigenvalue weighted by atomic mass is 32.2. The first kappa shape index (κ1) is 23.3. The van der Waals surface area contributed by atoms with Gasteiger partial charge >= 0.3 is 0 Å². The molecule has 0 aliphatic carbocycles. The van der Waals surface area contributed by atoms with Gasteiger partial charge in [0.05, 0.1) is 17.7 Å². The first-order chi connectivity index (χ1) is 16.5. The van der Waals surface area contributed by atoms with E-state index in [1.807, 2.05) is 12.1 Å². The van der Waals surface area contributed by atoms with E-state index >= 15 is 0 Å². The molecule has 0 radical (unpaired) electrons. The maximum atomic E-state index is 13.2. The number of anilines is 1. The number of nitrogens with zero attached hydrogens (tertiary/aromatic N) is 1. The minimum Gasteiger partial charge on any atom is -0.493 e. The van der Waals surface area contributed by atoms with Gasteiger partial charge in [-0.25, -0.2) is 9.29 Å². The number of allylic oxidation sites excluding steroid dienone is 1. The van der Waals surface area contributed by atoms with Crippen molar-refractivity contribution in [3.05, 3.63) is 107 Å². The van der Waals surface area contributed by atoms with Crippen LogP contribution in [0.4, 0.5) is 14.9 Å². The number of rotatable bonds is 8. The maximum absolute atomic E-state index is 13.2. The summed E-state index contributed by atoms with van der Waals surface area (Å²) in [6, 6.07) is 18.5. The Morgan fingerprint density at radius 2 is 1.79 bits per heavy atom. The van der Waals surface area contributed by atoms with Gasteiger partial charge in [-0.15, -0.1) is 6.58 Å². The van der Waals surface area contributed by atoms with Crippen LogP contribution in [0, 0.1) is 5.82 Å². The molecular weight excluding hydrogens is 453 g/mol. The fraction of sp³-hybridized carbons (Fsp3) is 0.111. The second-order valence-corrected chi connectivity index (χ2v) is 8.47. The molecule has 172 valence electrons. The van der Waals surface area contributed by atoms with E-state index in [4.69, 9.17) is 9.47 Å². The van der Waals surface area contributed by atoms with E-state index in [1.165, 1.54) is 24.1 Å². The number of hydrogen-bond donors (Lipinski definition) is 0. The lowest BCUT2D eigenvalue weighted by Crippen LogP contribution is -2.27. The lowest BCUT2D eigenvalue weighted by atomic mass is 10.0. The molecule has 0 aromatic heterocycles. The third-order valence-electron chi connectivity index (χ3n) is 5.14. The molecule has 1 aliphatic heterocycles. The summed E-state index contributed by atoms with van der Waals surface area (Å²) in [5, 5.41) is -0.347. The van der Waals surface area contributed by atoms with Crippen molar-refractivity contribution in [2.45, 2.75) is 13.0 Å². The maximum Gasteiger partial charge on any atom is 0.298 e. The highest BCUT2D eigenvalue weighted by Gasteiger charge is 2.36. The lowest BCUT2D eigenvalue weighted by Gasteiger charge is -2.16. The average Bonchev–Trinajstić information content (AvgIpc) is 3.12. The van der Waals surface area contributed by atoms with E-state index in [0.29, 0.717) is 34.1 Å². The van der Waals surface area contributed by atoms with Crippen molar-refractivity contribution in [3.63, 3.8) is 0 Å². The Kier molecular flexibility index (Phi) is 7.13. The molecule has 0 N–H and O–H groups in total. The molecule has 0 atom stereocenters. The van der Waals surface area contributed by atoms with Gasteiger partial charge in [-0.2, -0.15) is 0 Å². The summed E-state index contributed by atoms with van der Waals surface area (Å²) in [7, 11) is 1.53. The van der Waals surface area contributed by atoms with Crippen LogP contribution in [0.15, 0.2) is 84.3 Å². The molecule has 1 heterocycles. The summed E-state index contributed by atoms with van der Waals surface area (Å²) >= 11 is 0.893. The molecule has 4 rings (SSSR count). The summed E-state index contributed by atoms with van der Waals surface area (Å²) in [6.07, 6.45) is 3.92. The highest BCUT2D eigenvalue weighted by molar-refractivity contribution is 8.19. The zero-order valence-corrected chi connectivity index (χ0v) is 19.3. The third-order valence-corrected chi connectivity index (χ3v) is 6.01. The summed E-state index contributed by atoms with van der Waals surface area (Å²) < 4.78 is 24.8. The predicted octanol–water partition coefficient (Wildman–Crippen LogP) is 6.38. The summed E-state index contributed by atoms with van der Waals surface area (Å²) in [5.41, 5.74) is 2.85. The second-order valence-electron chi connectivity index (χ2n) is 7.47.